The molecule has 0 saturated carbocycles. The fourth-order valence-corrected chi connectivity index (χ4v) is 1.02. The summed E-state index contributed by atoms with van der Waals surface area (Å²) in [5, 5.41) is 16.8. The minimum absolute atomic E-state index is 0.0563. The van der Waals surface area contributed by atoms with Crippen molar-refractivity contribution < 1.29 is 24.5 Å². The Morgan fingerprint density at radius 3 is 2.13 bits per heavy atom. The van der Waals surface area contributed by atoms with E-state index in [1.807, 2.05) is 0 Å². The first-order valence-corrected chi connectivity index (χ1v) is 4.23. The van der Waals surface area contributed by atoms with Crippen molar-refractivity contribution in [3.8, 4) is 5.75 Å². The molecule has 0 aliphatic carbocycles. The van der Waals surface area contributed by atoms with Crippen LogP contribution in [0.5, 0.6) is 5.75 Å². The van der Waals surface area contributed by atoms with Crippen LogP contribution in [0.15, 0.2) is 24.3 Å². The van der Waals surface area contributed by atoms with Gasteiger partial charge in [-0.05, 0) is 17.7 Å². The van der Waals surface area contributed by atoms with Crippen LogP contribution in [0.1, 0.15) is 5.56 Å². The number of ether oxygens (including phenoxy) is 1. The monoisotopic (exact) mass is 210 g/mol. The summed E-state index contributed by atoms with van der Waals surface area (Å²) >= 11 is 0. The van der Waals surface area contributed by atoms with E-state index in [-0.39, 0.29) is 6.42 Å². The summed E-state index contributed by atoms with van der Waals surface area (Å²) in [5.41, 5.74) is 0.644. The van der Waals surface area contributed by atoms with Crippen molar-refractivity contribution in [2.45, 2.75) is 6.42 Å². The molecule has 5 nitrogen and oxygen atoms in total. The Balaban J connectivity index is 2.56. The SMILES string of the molecule is O=C(O)COc1ccc(CC(=O)O)cc1. The fourth-order valence-electron chi connectivity index (χ4n) is 1.02. The average molecular weight is 210 g/mol. The molecule has 0 aliphatic heterocycles. The zero-order valence-electron chi connectivity index (χ0n) is 7.84. The number of carboxylic acids is 2. The van der Waals surface area contributed by atoms with Crippen LogP contribution in [0.2, 0.25) is 0 Å². The van der Waals surface area contributed by atoms with Crippen LogP contribution in [0, 0.1) is 0 Å². The predicted molar refractivity (Wildman–Crippen MR) is 50.9 cm³/mol. The third-order valence-electron chi connectivity index (χ3n) is 1.64. The second-order valence-corrected chi connectivity index (χ2v) is 2.90. The highest BCUT2D eigenvalue weighted by molar-refractivity contribution is 5.70. The first kappa shape index (κ1) is 11.0. The van der Waals surface area contributed by atoms with Gasteiger partial charge >= 0.3 is 11.9 Å². The molecule has 0 saturated heterocycles. The molecule has 0 heterocycles. The van der Waals surface area contributed by atoms with Crippen molar-refractivity contribution in [1.82, 2.24) is 0 Å². The summed E-state index contributed by atoms with van der Waals surface area (Å²) in [5.74, 6) is -1.55. The molecular formula is C10H10O5. The molecule has 0 fully saturated rings. The highest BCUT2D eigenvalue weighted by Gasteiger charge is 2.02. The molecule has 0 spiro atoms. The lowest BCUT2D eigenvalue weighted by Gasteiger charge is -2.03. The van der Waals surface area contributed by atoms with Gasteiger partial charge in [-0.2, -0.15) is 0 Å². The third-order valence-corrected chi connectivity index (χ3v) is 1.64. The summed E-state index contributed by atoms with van der Waals surface area (Å²) in [6.45, 7) is -0.404. The smallest absolute Gasteiger partial charge is 0.341 e. The van der Waals surface area contributed by atoms with E-state index < -0.39 is 18.5 Å². The van der Waals surface area contributed by atoms with Gasteiger partial charge in [-0.25, -0.2) is 4.79 Å². The normalized spacial score (nSPS) is 9.60. The van der Waals surface area contributed by atoms with Gasteiger partial charge in [0.15, 0.2) is 6.61 Å². The number of aliphatic carboxylic acids is 2. The van der Waals surface area contributed by atoms with Crippen LogP contribution in [0.25, 0.3) is 0 Å². The Morgan fingerprint density at radius 1 is 1.07 bits per heavy atom. The second-order valence-electron chi connectivity index (χ2n) is 2.90. The number of benzene rings is 1. The Bertz CT molecular complexity index is 355. The van der Waals surface area contributed by atoms with E-state index in [1.54, 1.807) is 24.3 Å². The summed E-state index contributed by atoms with van der Waals surface area (Å²) in [4.78, 5) is 20.5. The van der Waals surface area contributed by atoms with Gasteiger partial charge in [0.05, 0.1) is 6.42 Å². The summed E-state index contributed by atoms with van der Waals surface area (Å²) in [6, 6.07) is 6.26. The minimum atomic E-state index is -1.05. The lowest BCUT2D eigenvalue weighted by atomic mass is 10.1. The third kappa shape index (κ3) is 4.12. The Hall–Kier alpha value is -2.04. The molecule has 0 aliphatic rings. The maximum atomic E-state index is 10.4. The quantitative estimate of drug-likeness (QED) is 0.750. The van der Waals surface area contributed by atoms with E-state index in [0.29, 0.717) is 11.3 Å². The topological polar surface area (TPSA) is 83.8 Å². The number of hydrogen-bond donors (Lipinski definition) is 2. The first-order valence-electron chi connectivity index (χ1n) is 4.23. The summed E-state index contributed by atoms with van der Waals surface area (Å²) in [6.07, 6.45) is -0.0563. The molecule has 80 valence electrons. The maximum Gasteiger partial charge on any atom is 0.341 e. The lowest BCUT2D eigenvalue weighted by molar-refractivity contribution is -0.139. The summed E-state index contributed by atoms with van der Waals surface area (Å²) < 4.78 is 4.88. The first-order chi connectivity index (χ1) is 7.08. The highest BCUT2D eigenvalue weighted by atomic mass is 16.5. The molecule has 0 unspecified atom stereocenters. The molecule has 0 bridgehead atoms. The van der Waals surface area contributed by atoms with Crippen molar-refractivity contribution in [3.63, 3.8) is 0 Å². The van der Waals surface area contributed by atoms with Crippen molar-refractivity contribution in [2.75, 3.05) is 6.61 Å². The predicted octanol–water partition coefficient (Wildman–Crippen LogP) is 0.777. The lowest BCUT2D eigenvalue weighted by Crippen LogP contribution is -2.09. The average Bonchev–Trinajstić information content (AvgIpc) is 2.16. The molecule has 0 atom stereocenters. The van der Waals surface area contributed by atoms with Gasteiger partial charge in [0.25, 0.3) is 0 Å². The van der Waals surface area contributed by atoms with Crippen LogP contribution in [0.3, 0.4) is 0 Å². The van der Waals surface area contributed by atoms with Gasteiger partial charge < -0.3 is 14.9 Å². The molecule has 1 aromatic rings. The maximum absolute atomic E-state index is 10.4. The highest BCUT2D eigenvalue weighted by Crippen LogP contribution is 2.12. The fraction of sp³-hybridized carbons (Fsp3) is 0.200. The molecular weight excluding hydrogens is 200 g/mol. The molecule has 1 aromatic carbocycles. The molecule has 2 N–H and O–H groups in total. The number of carboxylic acid groups (broad SMARTS) is 2. The van der Waals surface area contributed by atoms with E-state index in [0.717, 1.165) is 0 Å². The molecule has 15 heavy (non-hydrogen) atoms. The standard InChI is InChI=1S/C10H10O5/c11-9(12)5-7-1-3-8(4-2-7)15-6-10(13)14/h1-4H,5-6H2,(H,11,12)(H,13,14). The van der Waals surface area contributed by atoms with Gasteiger partial charge in [0, 0.05) is 0 Å². The zero-order chi connectivity index (χ0) is 11.3. The van der Waals surface area contributed by atoms with E-state index in [9.17, 15) is 9.59 Å². The zero-order valence-corrected chi connectivity index (χ0v) is 7.84. The molecule has 5 heteroatoms. The van der Waals surface area contributed by atoms with Crippen LogP contribution in [-0.4, -0.2) is 28.8 Å². The van der Waals surface area contributed by atoms with Crippen molar-refractivity contribution in [1.29, 1.82) is 0 Å². The van der Waals surface area contributed by atoms with Crippen LogP contribution in [-0.2, 0) is 16.0 Å². The number of carbonyl (C=O) groups is 2. The van der Waals surface area contributed by atoms with Crippen LogP contribution in [0.4, 0.5) is 0 Å². The molecule has 0 aromatic heterocycles. The Labute approximate surface area is 85.9 Å². The van der Waals surface area contributed by atoms with Crippen molar-refractivity contribution >= 4 is 11.9 Å². The number of rotatable bonds is 5. The van der Waals surface area contributed by atoms with Gasteiger partial charge in [0.1, 0.15) is 5.75 Å². The van der Waals surface area contributed by atoms with E-state index in [1.165, 1.54) is 0 Å². The molecule has 0 radical (unpaired) electrons. The van der Waals surface area contributed by atoms with Crippen molar-refractivity contribution in [2.24, 2.45) is 0 Å². The largest absolute Gasteiger partial charge is 0.482 e. The van der Waals surface area contributed by atoms with Crippen LogP contribution < -0.4 is 4.74 Å². The van der Waals surface area contributed by atoms with Crippen LogP contribution >= 0.6 is 0 Å². The van der Waals surface area contributed by atoms with Gasteiger partial charge in [-0.15, -0.1) is 0 Å². The molecule has 1 rings (SSSR count). The second kappa shape index (κ2) is 4.99. The minimum Gasteiger partial charge on any atom is -0.482 e. The van der Waals surface area contributed by atoms with E-state index in [2.05, 4.69) is 0 Å². The number of hydrogen-bond acceptors (Lipinski definition) is 3. The molecule has 0 amide bonds. The Morgan fingerprint density at radius 2 is 1.67 bits per heavy atom. The van der Waals surface area contributed by atoms with Gasteiger partial charge in [0.2, 0.25) is 0 Å². The van der Waals surface area contributed by atoms with E-state index >= 15 is 0 Å². The van der Waals surface area contributed by atoms with Gasteiger partial charge in [-0.1, -0.05) is 12.1 Å². The van der Waals surface area contributed by atoms with Crippen molar-refractivity contribution in [3.05, 3.63) is 29.8 Å². The van der Waals surface area contributed by atoms with Gasteiger partial charge in [-0.3, -0.25) is 4.79 Å². The summed E-state index contributed by atoms with van der Waals surface area (Å²) in [7, 11) is 0. The Kier molecular flexibility index (Phi) is 3.68. The van der Waals surface area contributed by atoms with E-state index in [4.69, 9.17) is 14.9 Å².